The number of ether oxygens (including phenoxy) is 2. The number of nitrogens with one attached hydrogen (secondary N) is 2. The molecular weight excluding hydrogens is 340 g/mol. The van der Waals surface area contributed by atoms with E-state index >= 15 is 0 Å². The zero-order valence-electron chi connectivity index (χ0n) is 16.6. The fraction of sp³-hybridized carbons (Fsp3) is 0.318. The minimum atomic E-state index is 0.153. The summed E-state index contributed by atoms with van der Waals surface area (Å²) in [7, 11) is 5.31. The van der Waals surface area contributed by atoms with Gasteiger partial charge in [-0.15, -0.1) is 0 Å². The number of likely N-dealkylation sites (N-methyl/N-ethyl adjacent to an activating group) is 1. The zero-order chi connectivity index (χ0) is 19.6. The number of carbonyl (C=O) groups excluding carboxylic acids is 1. The largest absolute Gasteiger partial charge is 0.493 e. The highest BCUT2D eigenvalue weighted by atomic mass is 16.5. The second-order valence-corrected chi connectivity index (χ2v) is 7.04. The second-order valence-electron chi connectivity index (χ2n) is 7.04. The van der Waals surface area contributed by atoms with Crippen molar-refractivity contribution in [3.8, 4) is 11.5 Å². The van der Waals surface area contributed by atoms with E-state index in [4.69, 9.17) is 9.47 Å². The molecule has 1 aromatic heterocycles. The summed E-state index contributed by atoms with van der Waals surface area (Å²) in [5.74, 6) is 1.59. The summed E-state index contributed by atoms with van der Waals surface area (Å²) in [6, 6.07) is 11.9. The molecule has 142 valence electrons. The zero-order valence-corrected chi connectivity index (χ0v) is 16.6. The summed E-state index contributed by atoms with van der Waals surface area (Å²) >= 11 is 0. The molecule has 27 heavy (non-hydrogen) atoms. The Kier molecular flexibility index (Phi) is 5.51. The van der Waals surface area contributed by atoms with Crippen LogP contribution in [0.4, 0.5) is 0 Å². The number of H-pyrrole nitrogens is 1. The van der Waals surface area contributed by atoms with Crippen molar-refractivity contribution in [2.45, 2.75) is 20.4 Å². The lowest BCUT2D eigenvalue weighted by atomic mass is 10.0. The Morgan fingerprint density at radius 3 is 2.44 bits per heavy atom. The maximum atomic E-state index is 13.0. The van der Waals surface area contributed by atoms with E-state index in [9.17, 15) is 4.79 Å². The number of benzene rings is 2. The predicted octanol–water partition coefficient (Wildman–Crippen LogP) is 2.70. The fourth-order valence-corrected chi connectivity index (χ4v) is 3.60. The first-order chi connectivity index (χ1) is 12.9. The Hall–Kier alpha value is -2.79. The maximum Gasteiger partial charge on any atom is 0.219 e. The molecule has 0 bridgehead atoms. The standard InChI is InChI=1S/C22H26N2O3/c1-14-10-20(26-4)21(27-5)11-16(14)12-24(3)13-19(25)22-15(2)23-18-9-7-6-8-17(18)22/h6-11,23H,12-13H2,1-5H3/p+1. The third-order valence-electron chi connectivity index (χ3n) is 4.97. The lowest BCUT2D eigenvalue weighted by molar-refractivity contribution is -0.884. The van der Waals surface area contributed by atoms with Crippen molar-refractivity contribution in [3.05, 3.63) is 58.8 Å². The van der Waals surface area contributed by atoms with Gasteiger partial charge in [0.15, 0.2) is 11.5 Å². The van der Waals surface area contributed by atoms with Gasteiger partial charge in [-0.25, -0.2) is 0 Å². The van der Waals surface area contributed by atoms with Crippen molar-refractivity contribution in [2.24, 2.45) is 0 Å². The molecule has 1 atom stereocenters. The van der Waals surface area contributed by atoms with Crippen molar-refractivity contribution < 1.29 is 19.2 Å². The molecular formula is C22H27N2O3+. The minimum Gasteiger partial charge on any atom is -0.493 e. The molecule has 1 heterocycles. The van der Waals surface area contributed by atoms with E-state index in [0.717, 1.165) is 50.5 Å². The van der Waals surface area contributed by atoms with Gasteiger partial charge in [0, 0.05) is 22.2 Å². The number of methoxy groups -OCH3 is 2. The van der Waals surface area contributed by atoms with Crippen molar-refractivity contribution in [1.29, 1.82) is 0 Å². The normalized spacial score (nSPS) is 12.2. The first-order valence-corrected chi connectivity index (χ1v) is 9.08. The number of aryl methyl sites for hydroxylation is 2. The number of aromatic nitrogens is 1. The maximum absolute atomic E-state index is 13.0. The molecule has 2 N–H and O–H groups in total. The van der Waals surface area contributed by atoms with E-state index in [1.807, 2.05) is 50.4 Å². The topological polar surface area (TPSA) is 55.8 Å². The van der Waals surface area contributed by atoms with E-state index in [0.29, 0.717) is 12.3 Å². The molecule has 0 amide bonds. The van der Waals surface area contributed by atoms with Gasteiger partial charge in [0.25, 0.3) is 0 Å². The number of aromatic amines is 1. The van der Waals surface area contributed by atoms with E-state index < -0.39 is 0 Å². The lowest BCUT2D eigenvalue weighted by Crippen LogP contribution is -3.08. The molecule has 2 aromatic carbocycles. The first kappa shape index (κ1) is 19.0. The summed E-state index contributed by atoms with van der Waals surface area (Å²) in [6.45, 7) is 5.17. The number of Topliss-reactive ketones (excluding diaryl/α,β-unsaturated/α-hetero) is 1. The Bertz CT molecular complexity index is 975. The van der Waals surface area contributed by atoms with E-state index in [1.165, 1.54) is 0 Å². The van der Waals surface area contributed by atoms with Crippen molar-refractivity contribution >= 4 is 16.7 Å². The van der Waals surface area contributed by atoms with E-state index in [2.05, 4.69) is 11.9 Å². The highest BCUT2D eigenvalue weighted by Gasteiger charge is 2.20. The SMILES string of the molecule is COc1cc(C)c(C[NH+](C)CC(=O)c2c(C)[nH]c3ccccc23)cc1OC. The van der Waals surface area contributed by atoms with Crippen LogP contribution in [0.25, 0.3) is 10.9 Å². The molecule has 3 aromatic rings. The van der Waals surface area contributed by atoms with Crippen molar-refractivity contribution in [2.75, 3.05) is 27.8 Å². The van der Waals surface area contributed by atoms with Crippen LogP contribution in [-0.4, -0.2) is 38.6 Å². The van der Waals surface area contributed by atoms with Gasteiger partial charge in [-0.05, 0) is 37.6 Å². The first-order valence-electron chi connectivity index (χ1n) is 9.08. The number of fused-ring (bicyclic) bond motifs is 1. The molecule has 0 aliphatic rings. The Balaban J connectivity index is 1.78. The number of hydrogen-bond acceptors (Lipinski definition) is 3. The summed E-state index contributed by atoms with van der Waals surface area (Å²) in [6.07, 6.45) is 0. The molecule has 0 saturated heterocycles. The van der Waals surface area contributed by atoms with Gasteiger partial charge in [0.05, 0.1) is 26.8 Å². The van der Waals surface area contributed by atoms with Crippen LogP contribution < -0.4 is 14.4 Å². The quantitative estimate of drug-likeness (QED) is 0.632. The summed E-state index contributed by atoms with van der Waals surface area (Å²) in [5.41, 5.74) is 5.01. The monoisotopic (exact) mass is 367 g/mol. The number of quaternary nitrogens is 1. The molecule has 0 aliphatic carbocycles. The highest BCUT2D eigenvalue weighted by Crippen LogP contribution is 2.30. The van der Waals surface area contributed by atoms with Crippen LogP contribution in [0.1, 0.15) is 27.2 Å². The van der Waals surface area contributed by atoms with Crippen LogP contribution in [0.5, 0.6) is 11.5 Å². The Morgan fingerprint density at radius 1 is 1.07 bits per heavy atom. The van der Waals surface area contributed by atoms with Gasteiger partial charge in [-0.2, -0.15) is 0 Å². The lowest BCUT2D eigenvalue weighted by Gasteiger charge is -2.17. The highest BCUT2D eigenvalue weighted by molar-refractivity contribution is 6.09. The molecule has 5 nitrogen and oxygen atoms in total. The molecule has 0 saturated carbocycles. The van der Waals surface area contributed by atoms with Crippen molar-refractivity contribution in [1.82, 2.24) is 4.98 Å². The van der Waals surface area contributed by atoms with E-state index in [1.54, 1.807) is 14.2 Å². The second kappa shape index (κ2) is 7.84. The van der Waals surface area contributed by atoms with E-state index in [-0.39, 0.29) is 5.78 Å². The van der Waals surface area contributed by atoms with Crippen molar-refractivity contribution in [3.63, 3.8) is 0 Å². The smallest absolute Gasteiger partial charge is 0.219 e. The number of carbonyl (C=O) groups is 1. The molecule has 1 unspecified atom stereocenters. The minimum absolute atomic E-state index is 0.153. The molecule has 3 rings (SSSR count). The van der Waals surface area contributed by atoms with Gasteiger partial charge in [-0.3, -0.25) is 4.79 Å². The van der Waals surface area contributed by atoms with Gasteiger partial charge >= 0.3 is 0 Å². The van der Waals surface area contributed by atoms with Gasteiger partial charge in [0.1, 0.15) is 13.1 Å². The Labute approximate surface area is 159 Å². The number of para-hydroxylation sites is 1. The molecule has 0 aliphatic heterocycles. The molecule has 0 spiro atoms. The summed E-state index contributed by atoms with van der Waals surface area (Å²) in [4.78, 5) is 17.4. The summed E-state index contributed by atoms with van der Waals surface area (Å²) < 4.78 is 10.8. The van der Waals surface area contributed by atoms with Crippen LogP contribution in [0.15, 0.2) is 36.4 Å². The molecule has 0 fully saturated rings. The fourth-order valence-electron chi connectivity index (χ4n) is 3.60. The van der Waals surface area contributed by atoms with Gasteiger partial charge in [0.2, 0.25) is 5.78 Å². The average Bonchev–Trinajstić information content (AvgIpc) is 2.98. The third kappa shape index (κ3) is 3.83. The average molecular weight is 367 g/mol. The van der Waals surface area contributed by atoms with Crippen LogP contribution in [0, 0.1) is 13.8 Å². The predicted molar refractivity (Wildman–Crippen MR) is 107 cm³/mol. The third-order valence-corrected chi connectivity index (χ3v) is 4.97. The molecule has 5 heteroatoms. The van der Waals surface area contributed by atoms with Crippen LogP contribution in [0.3, 0.4) is 0 Å². The summed E-state index contributed by atoms with van der Waals surface area (Å²) in [5, 5.41) is 0.995. The number of rotatable bonds is 7. The molecule has 0 radical (unpaired) electrons. The van der Waals surface area contributed by atoms with Crippen LogP contribution in [-0.2, 0) is 6.54 Å². The van der Waals surface area contributed by atoms with Crippen LogP contribution in [0.2, 0.25) is 0 Å². The van der Waals surface area contributed by atoms with Gasteiger partial charge in [-0.1, -0.05) is 18.2 Å². The van der Waals surface area contributed by atoms with Crippen LogP contribution >= 0.6 is 0 Å². The number of ketones is 1. The Morgan fingerprint density at radius 2 is 1.74 bits per heavy atom. The number of hydrogen-bond donors (Lipinski definition) is 2. The van der Waals surface area contributed by atoms with Gasteiger partial charge < -0.3 is 19.4 Å².